The molecule has 1 amide bonds. The molecule has 1 aromatic carbocycles. The second kappa shape index (κ2) is 6.68. The molecule has 2 rings (SSSR count). The molecule has 0 aliphatic rings. The molecule has 0 unspecified atom stereocenters. The number of carbonyl (C=O) groups is 1. The van der Waals surface area contributed by atoms with E-state index in [1.165, 1.54) is 12.3 Å². The summed E-state index contributed by atoms with van der Waals surface area (Å²) in [6, 6.07) is 12.8. The molecule has 3 N–H and O–H groups in total. The highest BCUT2D eigenvalue weighted by Gasteiger charge is 2.17. The van der Waals surface area contributed by atoms with Gasteiger partial charge < -0.3 is 15.7 Å². The summed E-state index contributed by atoms with van der Waals surface area (Å²) in [7, 11) is 0. The topological polar surface area (TPSA) is 79.5 Å². The van der Waals surface area contributed by atoms with Crippen LogP contribution in [-0.2, 0) is 6.54 Å². The Labute approximate surface area is 117 Å². The standard InChI is InChI=1S/C15H17N3O2/c16-13-6-7-17-14(10-13)15(20)18(8-9-19)11-12-4-2-1-3-5-12/h1-7,10,19H,8-9,11H2,(H2,16,17). The number of rotatable bonds is 5. The van der Waals surface area contributed by atoms with Gasteiger partial charge in [0.15, 0.2) is 0 Å². The Morgan fingerprint density at radius 3 is 2.65 bits per heavy atom. The van der Waals surface area contributed by atoms with Crippen LogP contribution in [-0.4, -0.2) is 34.0 Å². The van der Waals surface area contributed by atoms with Crippen molar-refractivity contribution in [1.82, 2.24) is 9.88 Å². The first-order valence-electron chi connectivity index (χ1n) is 6.36. The van der Waals surface area contributed by atoms with Crippen LogP contribution < -0.4 is 5.73 Å². The highest BCUT2D eigenvalue weighted by atomic mass is 16.3. The molecule has 0 fully saturated rings. The van der Waals surface area contributed by atoms with E-state index in [1.807, 2.05) is 30.3 Å². The van der Waals surface area contributed by atoms with Crippen LogP contribution in [0.5, 0.6) is 0 Å². The summed E-state index contributed by atoms with van der Waals surface area (Å²) in [6.45, 7) is 0.585. The summed E-state index contributed by atoms with van der Waals surface area (Å²) in [4.78, 5) is 18.0. The van der Waals surface area contributed by atoms with E-state index >= 15 is 0 Å². The zero-order valence-corrected chi connectivity index (χ0v) is 11.1. The van der Waals surface area contributed by atoms with Crippen LogP contribution in [0.1, 0.15) is 16.1 Å². The Kier molecular flexibility index (Phi) is 4.68. The van der Waals surface area contributed by atoms with Gasteiger partial charge in [0, 0.05) is 25.0 Å². The van der Waals surface area contributed by atoms with Gasteiger partial charge in [-0.1, -0.05) is 30.3 Å². The minimum atomic E-state index is -0.241. The van der Waals surface area contributed by atoms with Gasteiger partial charge in [-0.2, -0.15) is 0 Å². The van der Waals surface area contributed by atoms with Crippen molar-refractivity contribution in [1.29, 1.82) is 0 Å². The van der Waals surface area contributed by atoms with Crippen molar-refractivity contribution in [3.63, 3.8) is 0 Å². The van der Waals surface area contributed by atoms with Gasteiger partial charge in [0.1, 0.15) is 5.69 Å². The molecule has 20 heavy (non-hydrogen) atoms. The molecule has 104 valence electrons. The van der Waals surface area contributed by atoms with Crippen LogP contribution >= 0.6 is 0 Å². The van der Waals surface area contributed by atoms with Crippen LogP contribution in [0.2, 0.25) is 0 Å². The smallest absolute Gasteiger partial charge is 0.272 e. The number of amides is 1. The normalized spacial score (nSPS) is 10.2. The van der Waals surface area contributed by atoms with E-state index in [4.69, 9.17) is 10.8 Å². The lowest BCUT2D eigenvalue weighted by atomic mass is 10.2. The highest BCUT2D eigenvalue weighted by molar-refractivity contribution is 5.93. The third-order valence-electron chi connectivity index (χ3n) is 2.88. The number of benzene rings is 1. The largest absolute Gasteiger partial charge is 0.399 e. The molecular weight excluding hydrogens is 254 g/mol. The summed E-state index contributed by atoms with van der Waals surface area (Å²) in [5.74, 6) is -0.241. The summed E-state index contributed by atoms with van der Waals surface area (Å²) in [5, 5.41) is 9.13. The number of nitrogens with zero attached hydrogens (tertiary/aromatic N) is 2. The predicted octanol–water partition coefficient (Wildman–Crippen LogP) is 1.30. The number of aliphatic hydroxyl groups excluding tert-OH is 1. The quantitative estimate of drug-likeness (QED) is 0.859. The van der Waals surface area contributed by atoms with E-state index in [0.29, 0.717) is 12.2 Å². The zero-order valence-electron chi connectivity index (χ0n) is 11.1. The van der Waals surface area contributed by atoms with Gasteiger partial charge in [-0.15, -0.1) is 0 Å². The first-order chi connectivity index (χ1) is 9.70. The van der Waals surface area contributed by atoms with Crippen LogP contribution in [0.3, 0.4) is 0 Å². The maximum Gasteiger partial charge on any atom is 0.272 e. The van der Waals surface area contributed by atoms with E-state index < -0.39 is 0 Å². The van der Waals surface area contributed by atoms with Crippen LogP contribution in [0.4, 0.5) is 5.69 Å². The van der Waals surface area contributed by atoms with Crippen molar-refractivity contribution < 1.29 is 9.90 Å². The van der Waals surface area contributed by atoms with Crippen LogP contribution in [0.15, 0.2) is 48.7 Å². The Balaban J connectivity index is 2.18. The highest BCUT2D eigenvalue weighted by Crippen LogP contribution is 2.10. The molecule has 0 atom stereocenters. The number of hydrogen-bond donors (Lipinski definition) is 2. The van der Waals surface area contributed by atoms with Crippen molar-refractivity contribution in [3.05, 3.63) is 59.9 Å². The lowest BCUT2D eigenvalue weighted by molar-refractivity contribution is 0.0702. The maximum atomic E-state index is 12.4. The van der Waals surface area contributed by atoms with Crippen molar-refractivity contribution in [2.24, 2.45) is 0 Å². The van der Waals surface area contributed by atoms with Gasteiger partial charge in [-0.3, -0.25) is 9.78 Å². The lowest BCUT2D eigenvalue weighted by Crippen LogP contribution is -2.33. The van der Waals surface area contributed by atoms with E-state index in [0.717, 1.165) is 5.56 Å². The summed E-state index contributed by atoms with van der Waals surface area (Å²) < 4.78 is 0. The second-order valence-corrected chi connectivity index (χ2v) is 4.41. The van der Waals surface area contributed by atoms with Gasteiger partial charge in [0.05, 0.1) is 6.61 Å². The van der Waals surface area contributed by atoms with Crippen molar-refractivity contribution >= 4 is 11.6 Å². The first-order valence-corrected chi connectivity index (χ1v) is 6.36. The maximum absolute atomic E-state index is 12.4. The van der Waals surface area contributed by atoms with E-state index in [-0.39, 0.29) is 24.8 Å². The number of hydrogen-bond acceptors (Lipinski definition) is 4. The Morgan fingerprint density at radius 1 is 1.25 bits per heavy atom. The summed E-state index contributed by atoms with van der Waals surface area (Å²) in [6.07, 6.45) is 1.50. The molecule has 0 radical (unpaired) electrons. The third kappa shape index (κ3) is 3.55. The molecule has 0 aliphatic heterocycles. The molecule has 0 saturated carbocycles. The van der Waals surface area contributed by atoms with E-state index in [1.54, 1.807) is 11.0 Å². The van der Waals surface area contributed by atoms with Crippen molar-refractivity contribution in [2.45, 2.75) is 6.54 Å². The fourth-order valence-corrected chi connectivity index (χ4v) is 1.90. The SMILES string of the molecule is Nc1ccnc(C(=O)N(CCO)Cc2ccccc2)c1. The lowest BCUT2D eigenvalue weighted by Gasteiger charge is -2.21. The number of nitrogen functional groups attached to an aromatic ring is 1. The van der Waals surface area contributed by atoms with Gasteiger partial charge in [-0.05, 0) is 17.7 Å². The molecule has 5 nitrogen and oxygen atoms in total. The summed E-state index contributed by atoms with van der Waals surface area (Å²) >= 11 is 0. The predicted molar refractivity (Wildman–Crippen MR) is 76.9 cm³/mol. The number of carbonyl (C=O) groups excluding carboxylic acids is 1. The Hall–Kier alpha value is -2.40. The molecule has 0 saturated heterocycles. The number of pyridine rings is 1. The molecule has 1 heterocycles. The van der Waals surface area contributed by atoms with Gasteiger partial charge in [0.2, 0.25) is 0 Å². The Bertz CT molecular complexity index is 572. The van der Waals surface area contributed by atoms with Gasteiger partial charge in [0.25, 0.3) is 5.91 Å². The molecule has 1 aromatic heterocycles. The fraction of sp³-hybridized carbons (Fsp3) is 0.200. The zero-order chi connectivity index (χ0) is 14.4. The van der Waals surface area contributed by atoms with E-state index in [9.17, 15) is 4.79 Å². The molecule has 5 heteroatoms. The number of anilines is 1. The average molecular weight is 271 g/mol. The van der Waals surface area contributed by atoms with Crippen LogP contribution in [0.25, 0.3) is 0 Å². The van der Waals surface area contributed by atoms with Crippen LogP contribution in [0, 0.1) is 0 Å². The molecule has 0 aliphatic carbocycles. The second-order valence-electron chi connectivity index (χ2n) is 4.41. The van der Waals surface area contributed by atoms with Gasteiger partial charge in [-0.25, -0.2) is 0 Å². The molecular formula is C15H17N3O2. The number of aliphatic hydroxyl groups is 1. The molecule has 2 aromatic rings. The number of nitrogens with two attached hydrogens (primary N) is 1. The molecule has 0 bridgehead atoms. The number of aromatic nitrogens is 1. The Morgan fingerprint density at radius 2 is 2.00 bits per heavy atom. The van der Waals surface area contributed by atoms with Crippen molar-refractivity contribution in [3.8, 4) is 0 Å². The van der Waals surface area contributed by atoms with Gasteiger partial charge >= 0.3 is 0 Å². The fourth-order valence-electron chi connectivity index (χ4n) is 1.90. The van der Waals surface area contributed by atoms with Crippen molar-refractivity contribution in [2.75, 3.05) is 18.9 Å². The monoisotopic (exact) mass is 271 g/mol. The third-order valence-corrected chi connectivity index (χ3v) is 2.88. The minimum Gasteiger partial charge on any atom is -0.399 e. The average Bonchev–Trinajstić information content (AvgIpc) is 2.47. The first kappa shape index (κ1) is 14.0. The minimum absolute atomic E-state index is 0.0963. The summed E-state index contributed by atoms with van der Waals surface area (Å²) in [5.41, 5.74) is 7.44. The van der Waals surface area contributed by atoms with E-state index in [2.05, 4.69) is 4.98 Å². The molecule has 0 spiro atoms.